The molecule has 0 radical (unpaired) electrons. The van der Waals surface area contributed by atoms with Crippen molar-refractivity contribution in [1.82, 2.24) is 4.90 Å². The van der Waals surface area contributed by atoms with Gasteiger partial charge in [0.05, 0.1) is 16.3 Å². The van der Waals surface area contributed by atoms with Crippen LogP contribution in [0.15, 0.2) is 84.2 Å². The van der Waals surface area contributed by atoms with Crippen LogP contribution in [0.3, 0.4) is 0 Å². The summed E-state index contributed by atoms with van der Waals surface area (Å²) in [7, 11) is 0. The van der Waals surface area contributed by atoms with Crippen molar-refractivity contribution in [3.8, 4) is 11.1 Å². The van der Waals surface area contributed by atoms with E-state index in [9.17, 15) is 9.59 Å². The molecular weight excluding hydrogens is 589 g/mol. The number of fused-ring (bicyclic) bond motifs is 1. The quantitative estimate of drug-likeness (QED) is 0.205. The van der Waals surface area contributed by atoms with E-state index >= 15 is 0 Å². The average Bonchev–Trinajstić information content (AvgIpc) is 3.58. The highest BCUT2D eigenvalue weighted by atomic mass is 32.1. The number of amides is 2. The first kappa shape index (κ1) is 32.0. The summed E-state index contributed by atoms with van der Waals surface area (Å²) in [5.74, 6) is 0.115. The Balaban J connectivity index is 1.29. The number of thiophene rings is 1. The first-order valence-electron chi connectivity index (χ1n) is 16.6. The molecule has 1 aromatic heterocycles. The Morgan fingerprint density at radius 1 is 0.913 bits per heavy atom. The summed E-state index contributed by atoms with van der Waals surface area (Å²) in [5, 5.41) is 5.25. The number of rotatable bonds is 8. The molecule has 4 aromatic rings. The molecule has 1 aliphatic carbocycles. The van der Waals surface area contributed by atoms with Gasteiger partial charge in [-0.3, -0.25) is 9.59 Å². The van der Waals surface area contributed by atoms with Crippen LogP contribution in [-0.4, -0.2) is 35.3 Å². The minimum Gasteiger partial charge on any atom is -0.365 e. The number of nitrogens with one attached hydrogen (secondary N) is 1. The average molecular weight is 635 g/mol. The Morgan fingerprint density at radius 2 is 1.67 bits per heavy atom. The van der Waals surface area contributed by atoms with Crippen molar-refractivity contribution in [3.05, 3.63) is 106 Å². The van der Waals surface area contributed by atoms with E-state index in [1.807, 2.05) is 17.5 Å². The van der Waals surface area contributed by atoms with Gasteiger partial charge in [-0.05, 0) is 95.0 Å². The first-order valence-corrected chi connectivity index (χ1v) is 17.5. The molecule has 0 bridgehead atoms. The molecule has 6 rings (SSSR count). The van der Waals surface area contributed by atoms with E-state index in [1.54, 1.807) is 0 Å². The van der Waals surface area contributed by atoms with Gasteiger partial charge >= 0.3 is 0 Å². The molecule has 0 saturated heterocycles. The molecule has 46 heavy (non-hydrogen) atoms. The molecule has 2 amide bonds. The maximum absolute atomic E-state index is 13.7. The van der Waals surface area contributed by atoms with Gasteiger partial charge in [0.1, 0.15) is 0 Å². The molecule has 0 unspecified atom stereocenters. The number of nitrogens with two attached hydrogens (primary N) is 1. The topological polar surface area (TPSA) is 78.7 Å². The smallest absolute Gasteiger partial charge is 0.264 e. The highest BCUT2D eigenvalue weighted by Gasteiger charge is 2.29. The molecular formula is C39H46N4O2S. The van der Waals surface area contributed by atoms with E-state index in [-0.39, 0.29) is 29.3 Å². The van der Waals surface area contributed by atoms with E-state index in [0.29, 0.717) is 13.0 Å². The Labute approximate surface area is 277 Å². The molecule has 0 spiro atoms. The summed E-state index contributed by atoms with van der Waals surface area (Å²) in [6, 6.07) is 27.8. The molecule has 1 saturated carbocycles. The minimum absolute atomic E-state index is 0.0204. The van der Waals surface area contributed by atoms with Gasteiger partial charge in [-0.1, -0.05) is 75.4 Å². The van der Waals surface area contributed by atoms with Gasteiger partial charge in [-0.2, -0.15) is 0 Å². The van der Waals surface area contributed by atoms with Crippen molar-refractivity contribution in [2.75, 3.05) is 16.8 Å². The van der Waals surface area contributed by atoms with E-state index in [2.05, 4.69) is 103 Å². The van der Waals surface area contributed by atoms with Crippen LogP contribution in [0.25, 0.3) is 11.1 Å². The van der Waals surface area contributed by atoms with Crippen LogP contribution in [0.2, 0.25) is 0 Å². The molecule has 1 fully saturated rings. The lowest BCUT2D eigenvalue weighted by atomic mass is 9.90. The van der Waals surface area contributed by atoms with Gasteiger partial charge in [-0.25, -0.2) is 0 Å². The Kier molecular flexibility index (Phi) is 9.62. The standard InChI is InChI=1S/C39H46N4O2S/c1-39(2,3)24-37(44)41-34-23-30(13-18-35(34)42-20-19-28-9-4-5-10-31(28)26-42)29-11-6-8-27(22-29)25-43(33-16-14-32(40)15-17-33)38(45)36-12-7-21-46-36/h4-13,18,21-23,32-33H,14-17,19-20,24-26,40H2,1-3H3,(H,41,44). The van der Waals surface area contributed by atoms with Crippen LogP contribution in [-0.2, 0) is 24.3 Å². The van der Waals surface area contributed by atoms with E-state index in [0.717, 1.165) is 78.1 Å². The van der Waals surface area contributed by atoms with Gasteiger partial charge in [0.15, 0.2) is 0 Å². The fourth-order valence-electron chi connectivity index (χ4n) is 6.84. The van der Waals surface area contributed by atoms with E-state index in [4.69, 9.17) is 5.73 Å². The zero-order chi connectivity index (χ0) is 32.3. The van der Waals surface area contributed by atoms with Crippen LogP contribution < -0.4 is 16.0 Å². The van der Waals surface area contributed by atoms with Crippen LogP contribution in [0.5, 0.6) is 0 Å². The lowest BCUT2D eigenvalue weighted by Crippen LogP contribution is -2.43. The normalized spacial score (nSPS) is 18.1. The second-order valence-corrected chi connectivity index (χ2v) is 15.1. The third-order valence-corrected chi connectivity index (χ3v) is 10.1. The molecule has 3 aromatic carbocycles. The van der Waals surface area contributed by atoms with Crippen molar-refractivity contribution in [2.45, 2.75) is 84.5 Å². The third kappa shape index (κ3) is 7.71. The maximum Gasteiger partial charge on any atom is 0.264 e. The van der Waals surface area contributed by atoms with Gasteiger partial charge < -0.3 is 20.9 Å². The predicted octanol–water partition coefficient (Wildman–Crippen LogP) is 8.26. The van der Waals surface area contributed by atoms with Crippen LogP contribution in [0.4, 0.5) is 11.4 Å². The number of nitrogens with zero attached hydrogens (tertiary/aromatic N) is 2. The summed E-state index contributed by atoms with van der Waals surface area (Å²) >= 11 is 1.50. The fraction of sp³-hybridized carbons (Fsp3) is 0.385. The van der Waals surface area contributed by atoms with Gasteiger partial charge in [-0.15, -0.1) is 11.3 Å². The zero-order valence-electron chi connectivity index (χ0n) is 27.3. The molecule has 2 aliphatic rings. The van der Waals surface area contributed by atoms with Crippen LogP contribution in [0.1, 0.15) is 79.2 Å². The van der Waals surface area contributed by atoms with Crippen molar-refractivity contribution in [2.24, 2.45) is 11.1 Å². The lowest BCUT2D eigenvalue weighted by molar-refractivity contribution is -0.117. The Bertz CT molecular complexity index is 1670. The molecule has 0 atom stereocenters. The largest absolute Gasteiger partial charge is 0.365 e. The Morgan fingerprint density at radius 3 is 2.41 bits per heavy atom. The predicted molar refractivity (Wildman–Crippen MR) is 190 cm³/mol. The number of carbonyl (C=O) groups is 2. The van der Waals surface area contributed by atoms with Crippen molar-refractivity contribution >= 4 is 34.5 Å². The monoisotopic (exact) mass is 634 g/mol. The number of hydrogen-bond acceptors (Lipinski definition) is 5. The number of anilines is 2. The second kappa shape index (κ2) is 13.8. The highest BCUT2D eigenvalue weighted by Crippen LogP contribution is 2.36. The van der Waals surface area contributed by atoms with Crippen LogP contribution >= 0.6 is 11.3 Å². The van der Waals surface area contributed by atoms with E-state index < -0.39 is 0 Å². The fourth-order valence-corrected chi connectivity index (χ4v) is 7.52. The summed E-state index contributed by atoms with van der Waals surface area (Å²) in [5.41, 5.74) is 13.9. The zero-order valence-corrected chi connectivity index (χ0v) is 28.1. The summed E-state index contributed by atoms with van der Waals surface area (Å²) < 4.78 is 0. The first-order chi connectivity index (χ1) is 22.1. The SMILES string of the molecule is CC(C)(C)CC(=O)Nc1cc(-c2cccc(CN(C(=O)c3cccs3)C3CCC(N)CC3)c2)ccc1N1CCc2ccccc2C1. The molecule has 7 heteroatoms. The minimum atomic E-state index is -0.115. The van der Waals surface area contributed by atoms with Crippen molar-refractivity contribution < 1.29 is 9.59 Å². The molecule has 1 aliphatic heterocycles. The van der Waals surface area contributed by atoms with E-state index in [1.165, 1.54) is 22.5 Å². The van der Waals surface area contributed by atoms with Crippen molar-refractivity contribution in [1.29, 1.82) is 0 Å². The van der Waals surface area contributed by atoms with Crippen LogP contribution in [0, 0.1) is 5.41 Å². The van der Waals surface area contributed by atoms with Gasteiger partial charge in [0, 0.05) is 38.1 Å². The summed E-state index contributed by atoms with van der Waals surface area (Å²) in [4.78, 5) is 32.2. The number of benzene rings is 3. The summed E-state index contributed by atoms with van der Waals surface area (Å²) in [6.45, 7) is 8.52. The molecule has 2 heterocycles. The number of hydrogen-bond donors (Lipinski definition) is 2. The lowest BCUT2D eigenvalue weighted by Gasteiger charge is -2.36. The molecule has 240 valence electrons. The Hall–Kier alpha value is -3.94. The maximum atomic E-state index is 13.7. The molecule has 3 N–H and O–H groups in total. The second-order valence-electron chi connectivity index (χ2n) is 14.1. The van der Waals surface area contributed by atoms with Gasteiger partial charge in [0.2, 0.25) is 5.91 Å². The third-order valence-electron chi connectivity index (χ3n) is 9.22. The van der Waals surface area contributed by atoms with Crippen molar-refractivity contribution in [3.63, 3.8) is 0 Å². The highest BCUT2D eigenvalue weighted by molar-refractivity contribution is 7.12. The van der Waals surface area contributed by atoms with Gasteiger partial charge in [0.25, 0.3) is 5.91 Å². The molecule has 6 nitrogen and oxygen atoms in total. The summed E-state index contributed by atoms with van der Waals surface area (Å²) in [6.07, 6.45) is 5.16. The number of carbonyl (C=O) groups excluding carboxylic acids is 2.